The van der Waals surface area contributed by atoms with E-state index in [4.69, 9.17) is 9.47 Å². The number of rotatable bonds is 7. The third-order valence-corrected chi connectivity index (χ3v) is 2.17. The fourth-order valence-electron chi connectivity index (χ4n) is 0.851. The van der Waals surface area contributed by atoms with Crippen LogP contribution in [-0.2, 0) is 14.3 Å². The van der Waals surface area contributed by atoms with Gasteiger partial charge in [-0.2, -0.15) is 0 Å². The van der Waals surface area contributed by atoms with Crippen LogP contribution in [0.5, 0.6) is 0 Å². The second-order valence-electron chi connectivity index (χ2n) is 4.47. The SMILES string of the molecule is COC(C)(C)CCOC(=O)CNC(C)C. The summed E-state index contributed by atoms with van der Waals surface area (Å²) in [6.07, 6.45) is 0.705. The summed E-state index contributed by atoms with van der Waals surface area (Å²) in [7, 11) is 1.65. The Kier molecular flexibility index (Phi) is 6.52. The Morgan fingerprint density at radius 2 is 2.00 bits per heavy atom. The van der Waals surface area contributed by atoms with Gasteiger partial charge in [-0.1, -0.05) is 13.8 Å². The molecule has 0 saturated carbocycles. The highest BCUT2D eigenvalue weighted by Gasteiger charge is 2.16. The molecule has 1 N–H and O–H groups in total. The number of nitrogens with one attached hydrogen (secondary N) is 1. The van der Waals surface area contributed by atoms with E-state index in [2.05, 4.69) is 5.32 Å². The van der Waals surface area contributed by atoms with Crippen LogP contribution in [0.4, 0.5) is 0 Å². The predicted octanol–water partition coefficient (Wildman–Crippen LogP) is 1.34. The summed E-state index contributed by atoms with van der Waals surface area (Å²) in [5.74, 6) is -0.212. The Morgan fingerprint density at radius 1 is 1.40 bits per heavy atom. The summed E-state index contributed by atoms with van der Waals surface area (Å²) in [5.41, 5.74) is -0.230. The number of ether oxygens (including phenoxy) is 2. The van der Waals surface area contributed by atoms with Crippen molar-refractivity contribution in [2.75, 3.05) is 20.3 Å². The van der Waals surface area contributed by atoms with E-state index in [0.29, 0.717) is 19.1 Å². The number of hydrogen-bond acceptors (Lipinski definition) is 4. The van der Waals surface area contributed by atoms with Gasteiger partial charge in [-0.15, -0.1) is 0 Å². The first kappa shape index (κ1) is 14.4. The maximum Gasteiger partial charge on any atom is 0.319 e. The fourth-order valence-corrected chi connectivity index (χ4v) is 0.851. The molecule has 0 fully saturated rings. The zero-order chi connectivity index (χ0) is 11.9. The lowest BCUT2D eigenvalue weighted by atomic mass is 10.1. The zero-order valence-electron chi connectivity index (χ0n) is 10.4. The average molecular weight is 217 g/mol. The van der Waals surface area contributed by atoms with Crippen LogP contribution in [-0.4, -0.2) is 37.9 Å². The highest BCUT2D eigenvalue weighted by molar-refractivity contribution is 5.71. The quantitative estimate of drug-likeness (QED) is 0.654. The van der Waals surface area contributed by atoms with Gasteiger partial charge in [0.05, 0.1) is 18.8 Å². The van der Waals surface area contributed by atoms with Crippen LogP contribution < -0.4 is 5.32 Å². The Morgan fingerprint density at radius 3 is 2.47 bits per heavy atom. The maximum absolute atomic E-state index is 11.2. The molecule has 0 rings (SSSR count). The largest absolute Gasteiger partial charge is 0.465 e. The molecule has 0 spiro atoms. The van der Waals surface area contributed by atoms with Crippen LogP contribution in [0.15, 0.2) is 0 Å². The van der Waals surface area contributed by atoms with E-state index >= 15 is 0 Å². The van der Waals surface area contributed by atoms with Crippen molar-refractivity contribution in [3.8, 4) is 0 Å². The first-order chi connectivity index (χ1) is 6.87. The van der Waals surface area contributed by atoms with Crippen molar-refractivity contribution in [1.29, 1.82) is 0 Å². The van der Waals surface area contributed by atoms with E-state index in [0.717, 1.165) is 0 Å². The second-order valence-corrected chi connectivity index (χ2v) is 4.47. The van der Waals surface area contributed by atoms with Crippen molar-refractivity contribution in [3.63, 3.8) is 0 Å². The summed E-state index contributed by atoms with van der Waals surface area (Å²) >= 11 is 0. The minimum atomic E-state index is -0.230. The molecule has 0 aliphatic rings. The normalized spacial score (nSPS) is 11.9. The zero-order valence-corrected chi connectivity index (χ0v) is 10.4. The molecule has 0 aliphatic carbocycles. The van der Waals surface area contributed by atoms with Crippen LogP contribution >= 0.6 is 0 Å². The van der Waals surface area contributed by atoms with E-state index < -0.39 is 0 Å². The van der Waals surface area contributed by atoms with Gasteiger partial charge in [-0.25, -0.2) is 0 Å². The molecule has 0 amide bonds. The molecule has 0 aromatic carbocycles. The molecular formula is C11H23NO3. The van der Waals surface area contributed by atoms with Gasteiger partial charge in [-0.3, -0.25) is 4.79 Å². The van der Waals surface area contributed by atoms with Crippen molar-refractivity contribution in [2.45, 2.75) is 45.8 Å². The van der Waals surface area contributed by atoms with Crippen molar-refractivity contribution in [2.24, 2.45) is 0 Å². The fraction of sp³-hybridized carbons (Fsp3) is 0.909. The molecule has 0 aromatic rings. The van der Waals surface area contributed by atoms with Gasteiger partial charge in [-0.05, 0) is 13.8 Å². The minimum absolute atomic E-state index is 0.212. The maximum atomic E-state index is 11.2. The second kappa shape index (κ2) is 6.80. The van der Waals surface area contributed by atoms with Gasteiger partial charge < -0.3 is 14.8 Å². The average Bonchev–Trinajstić information content (AvgIpc) is 2.14. The molecule has 4 heteroatoms. The van der Waals surface area contributed by atoms with Crippen molar-refractivity contribution in [1.82, 2.24) is 5.32 Å². The van der Waals surface area contributed by atoms with Crippen LogP contribution in [0.1, 0.15) is 34.1 Å². The summed E-state index contributed by atoms with van der Waals surface area (Å²) in [5, 5.41) is 3.00. The van der Waals surface area contributed by atoms with Crippen molar-refractivity contribution >= 4 is 5.97 Å². The highest BCUT2D eigenvalue weighted by atomic mass is 16.5. The molecule has 0 aliphatic heterocycles. The molecule has 15 heavy (non-hydrogen) atoms. The summed E-state index contributed by atoms with van der Waals surface area (Å²) in [6, 6.07) is 0.299. The van der Waals surface area contributed by atoms with Crippen LogP contribution in [0.25, 0.3) is 0 Å². The lowest BCUT2D eigenvalue weighted by Gasteiger charge is -2.22. The van der Waals surface area contributed by atoms with E-state index in [9.17, 15) is 4.79 Å². The number of esters is 1. The van der Waals surface area contributed by atoms with Gasteiger partial charge in [0.1, 0.15) is 0 Å². The molecule has 0 bridgehead atoms. The van der Waals surface area contributed by atoms with Crippen LogP contribution in [0, 0.1) is 0 Å². The minimum Gasteiger partial charge on any atom is -0.465 e. The Labute approximate surface area is 92.3 Å². The standard InChI is InChI=1S/C11H23NO3/c1-9(2)12-8-10(13)15-7-6-11(3,4)14-5/h9,12H,6-8H2,1-5H3. The van der Waals surface area contributed by atoms with Crippen molar-refractivity contribution in [3.05, 3.63) is 0 Å². The molecule has 90 valence electrons. The van der Waals surface area contributed by atoms with Crippen molar-refractivity contribution < 1.29 is 14.3 Å². The molecular weight excluding hydrogens is 194 g/mol. The molecule has 0 atom stereocenters. The number of carbonyl (C=O) groups is 1. The van der Waals surface area contributed by atoms with Gasteiger partial charge in [0.2, 0.25) is 0 Å². The Balaban J connectivity index is 3.55. The van der Waals surface area contributed by atoms with Gasteiger partial charge in [0.25, 0.3) is 0 Å². The lowest BCUT2D eigenvalue weighted by molar-refractivity contribution is -0.144. The van der Waals surface area contributed by atoms with Crippen LogP contribution in [0.3, 0.4) is 0 Å². The van der Waals surface area contributed by atoms with Gasteiger partial charge in [0, 0.05) is 19.6 Å². The summed E-state index contributed by atoms with van der Waals surface area (Å²) < 4.78 is 10.3. The van der Waals surface area contributed by atoms with Gasteiger partial charge in [0.15, 0.2) is 0 Å². The van der Waals surface area contributed by atoms with E-state index in [1.807, 2.05) is 27.7 Å². The monoisotopic (exact) mass is 217 g/mol. The first-order valence-corrected chi connectivity index (χ1v) is 5.31. The van der Waals surface area contributed by atoms with E-state index in [1.165, 1.54) is 0 Å². The number of carbonyl (C=O) groups excluding carboxylic acids is 1. The molecule has 0 aromatic heterocycles. The smallest absolute Gasteiger partial charge is 0.319 e. The summed E-state index contributed by atoms with van der Waals surface area (Å²) in [6.45, 7) is 8.58. The Bertz CT molecular complexity index is 190. The molecule has 0 unspecified atom stereocenters. The van der Waals surface area contributed by atoms with E-state index in [1.54, 1.807) is 7.11 Å². The molecule has 0 saturated heterocycles. The topological polar surface area (TPSA) is 47.6 Å². The number of methoxy groups -OCH3 is 1. The first-order valence-electron chi connectivity index (χ1n) is 5.31. The molecule has 0 radical (unpaired) electrons. The molecule has 0 heterocycles. The lowest BCUT2D eigenvalue weighted by Crippen LogP contribution is -2.31. The summed E-state index contributed by atoms with van der Waals surface area (Å²) in [4.78, 5) is 11.2. The Hall–Kier alpha value is -0.610. The highest BCUT2D eigenvalue weighted by Crippen LogP contribution is 2.12. The third kappa shape index (κ3) is 8.39. The predicted molar refractivity (Wildman–Crippen MR) is 59.8 cm³/mol. The van der Waals surface area contributed by atoms with Crippen LogP contribution in [0.2, 0.25) is 0 Å². The number of hydrogen-bond donors (Lipinski definition) is 1. The third-order valence-electron chi connectivity index (χ3n) is 2.17. The van der Waals surface area contributed by atoms with Gasteiger partial charge >= 0.3 is 5.97 Å². The molecule has 4 nitrogen and oxygen atoms in total. The van der Waals surface area contributed by atoms with E-state index in [-0.39, 0.29) is 18.1 Å².